The number of amides is 3. The number of halogens is 2. The zero-order chi connectivity index (χ0) is 29.8. The first kappa shape index (κ1) is 28.3. The quantitative estimate of drug-likeness (QED) is 0.196. The Balaban J connectivity index is 1.26. The smallest absolute Gasteiger partial charge is 0.308 e. The van der Waals surface area contributed by atoms with Crippen molar-refractivity contribution >= 4 is 94.8 Å². The van der Waals surface area contributed by atoms with E-state index in [0.29, 0.717) is 21.3 Å². The van der Waals surface area contributed by atoms with Gasteiger partial charge in [-0.1, -0.05) is 97.4 Å². The maximum Gasteiger partial charge on any atom is 0.308 e. The molecule has 0 saturated carbocycles. The van der Waals surface area contributed by atoms with Crippen LogP contribution in [-0.2, 0) is 20.9 Å². The van der Waals surface area contributed by atoms with Gasteiger partial charge in [0.05, 0.1) is 16.6 Å². The highest BCUT2D eigenvalue weighted by Gasteiger charge is 2.56. The fourth-order valence-electron chi connectivity index (χ4n) is 5.74. The predicted molar refractivity (Wildman–Crippen MR) is 177 cm³/mol. The number of fused-ring (bicyclic) bond motifs is 3. The average molecular weight is 735 g/mol. The van der Waals surface area contributed by atoms with Crippen LogP contribution in [-0.4, -0.2) is 27.5 Å². The van der Waals surface area contributed by atoms with E-state index in [4.69, 9.17) is 0 Å². The number of benzene rings is 4. The van der Waals surface area contributed by atoms with Crippen LogP contribution < -0.4 is 15.1 Å². The minimum atomic E-state index is -0.749. The molecule has 2 aliphatic rings. The minimum absolute atomic E-state index is 0.215. The van der Waals surface area contributed by atoms with E-state index in [2.05, 4.69) is 37.2 Å². The van der Waals surface area contributed by atoms with Gasteiger partial charge in [-0.2, -0.15) is 0 Å². The van der Waals surface area contributed by atoms with Crippen LogP contribution in [0.4, 0.5) is 11.4 Å². The number of thiazole rings is 1. The van der Waals surface area contributed by atoms with Crippen molar-refractivity contribution in [3.05, 3.63) is 120 Å². The Hall–Kier alpha value is -3.51. The number of rotatable bonds is 5. The summed E-state index contributed by atoms with van der Waals surface area (Å²) < 4.78 is 3.14. The summed E-state index contributed by atoms with van der Waals surface area (Å²) in [6, 6.07) is 28.2. The molecule has 1 fully saturated rings. The number of carbonyl (C=O) groups is 3. The zero-order valence-electron chi connectivity index (χ0n) is 22.2. The van der Waals surface area contributed by atoms with E-state index >= 15 is 0 Å². The Morgan fingerprint density at radius 3 is 2.21 bits per heavy atom. The molecule has 3 amide bonds. The topological polar surface area (TPSA) is 88.5 Å². The fraction of sp³-hybridized carbons (Fsp3) is 0.125. The van der Waals surface area contributed by atoms with Gasteiger partial charge in [0.25, 0.3) is 0 Å². The second-order valence-electron chi connectivity index (χ2n) is 10.3. The molecule has 11 heteroatoms. The molecule has 0 radical (unpaired) electrons. The molecular formula is C32H21Br2N3O4S2. The summed E-state index contributed by atoms with van der Waals surface area (Å²) in [7, 11) is 0. The van der Waals surface area contributed by atoms with Gasteiger partial charge in [-0.05, 0) is 64.9 Å². The number of thioether (sulfide) groups is 1. The highest BCUT2D eigenvalue weighted by atomic mass is 79.9. The Morgan fingerprint density at radius 1 is 0.814 bits per heavy atom. The lowest BCUT2D eigenvalue weighted by atomic mass is 9.83. The third kappa shape index (κ3) is 5.08. The minimum Gasteiger partial charge on any atom is -0.325 e. The van der Waals surface area contributed by atoms with Crippen LogP contribution in [0.15, 0.2) is 110 Å². The Morgan fingerprint density at radius 2 is 1.49 bits per heavy atom. The fourth-order valence-corrected chi connectivity index (χ4v) is 9.04. The molecule has 0 bridgehead atoms. The van der Waals surface area contributed by atoms with Crippen molar-refractivity contribution in [2.45, 2.75) is 22.7 Å². The van der Waals surface area contributed by atoms with E-state index in [1.54, 1.807) is 24.3 Å². The van der Waals surface area contributed by atoms with Crippen molar-refractivity contribution in [1.29, 1.82) is 0 Å². The van der Waals surface area contributed by atoms with E-state index in [1.807, 2.05) is 66.7 Å². The molecular weight excluding hydrogens is 714 g/mol. The van der Waals surface area contributed by atoms with Gasteiger partial charge in [-0.15, -0.1) is 0 Å². The number of carbonyl (C=O) groups excluding carboxylic acids is 3. The molecule has 7 rings (SSSR count). The molecule has 3 atom stereocenters. The summed E-state index contributed by atoms with van der Waals surface area (Å²) in [5, 5.41) is 4.76. The Bertz CT molecular complexity index is 1990. The Kier molecular flexibility index (Phi) is 7.37. The lowest BCUT2D eigenvalue weighted by Gasteiger charge is -2.30. The highest BCUT2D eigenvalue weighted by Crippen LogP contribution is 2.54. The molecule has 5 aromatic rings. The third-order valence-corrected chi connectivity index (χ3v) is 11.4. The van der Waals surface area contributed by atoms with Crippen LogP contribution in [0.5, 0.6) is 0 Å². The van der Waals surface area contributed by atoms with E-state index < -0.39 is 17.1 Å². The van der Waals surface area contributed by atoms with Gasteiger partial charge >= 0.3 is 4.87 Å². The normalized spacial score (nSPS) is 19.4. The molecule has 0 aliphatic carbocycles. The van der Waals surface area contributed by atoms with Crippen molar-refractivity contribution in [2.24, 2.45) is 5.92 Å². The van der Waals surface area contributed by atoms with Crippen LogP contribution in [0.3, 0.4) is 0 Å². The van der Waals surface area contributed by atoms with E-state index in [0.717, 1.165) is 36.6 Å². The summed E-state index contributed by atoms with van der Waals surface area (Å²) >= 11 is 9.12. The number of imide groups is 1. The van der Waals surface area contributed by atoms with Gasteiger partial charge < -0.3 is 5.32 Å². The van der Waals surface area contributed by atoms with Crippen molar-refractivity contribution in [3.63, 3.8) is 0 Å². The van der Waals surface area contributed by atoms with Gasteiger partial charge in [0.15, 0.2) is 0 Å². The molecule has 1 aromatic heterocycles. The summed E-state index contributed by atoms with van der Waals surface area (Å²) in [6.07, 6.45) is 0. The number of hydrogen-bond acceptors (Lipinski definition) is 6. The molecule has 1 saturated heterocycles. The van der Waals surface area contributed by atoms with Crippen LogP contribution in [0.2, 0.25) is 0 Å². The maximum atomic E-state index is 14.0. The van der Waals surface area contributed by atoms with Crippen molar-refractivity contribution in [3.8, 4) is 0 Å². The molecule has 2 unspecified atom stereocenters. The van der Waals surface area contributed by atoms with Crippen molar-refractivity contribution in [1.82, 2.24) is 4.57 Å². The standard InChI is InChI=1S/C32H21Br2N3O4S2/c33-20-8-5-18(6-9-20)25-26-27(30(40)37(29(26)39)23-13-10-21(34)11-14-23)42-31-28(25)43-32(41)36(31)16-24(38)35-22-12-7-17-3-1-2-4-19(17)15-22/h1-15,25-27H,16H2,(H,35,38)/t25-,26?,27?/m1/s1. The number of nitrogens with one attached hydrogen (secondary N) is 1. The second kappa shape index (κ2) is 11.2. The van der Waals surface area contributed by atoms with Gasteiger partial charge in [0.2, 0.25) is 17.7 Å². The van der Waals surface area contributed by atoms with Crippen LogP contribution in [0, 0.1) is 5.92 Å². The Labute approximate surface area is 271 Å². The number of hydrogen-bond donors (Lipinski definition) is 1. The van der Waals surface area contributed by atoms with Gasteiger partial charge in [-0.25, -0.2) is 4.90 Å². The van der Waals surface area contributed by atoms with E-state index in [-0.39, 0.29) is 29.1 Å². The third-order valence-electron chi connectivity index (χ3n) is 7.70. The van der Waals surface area contributed by atoms with Crippen LogP contribution in [0.1, 0.15) is 16.4 Å². The summed E-state index contributed by atoms with van der Waals surface area (Å²) in [5.74, 6) is -2.21. The molecule has 214 valence electrons. The largest absolute Gasteiger partial charge is 0.325 e. The molecule has 7 nitrogen and oxygen atoms in total. The van der Waals surface area contributed by atoms with Gasteiger partial charge in [0.1, 0.15) is 11.8 Å². The van der Waals surface area contributed by atoms with Gasteiger partial charge in [-0.3, -0.25) is 23.7 Å². The number of anilines is 2. The first-order valence-corrected chi connectivity index (χ1v) is 16.6. The lowest BCUT2D eigenvalue weighted by Crippen LogP contribution is -2.33. The lowest BCUT2D eigenvalue weighted by molar-refractivity contribution is -0.122. The number of nitrogens with zero attached hydrogens (tertiary/aromatic N) is 2. The van der Waals surface area contributed by atoms with Crippen LogP contribution in [0.25, 0.3) is 10.8 Å². The monoisotopic (exact) mass is 733 g/mol. The molecule has 3 heterocycles. The summed E-state index contributed by atoms with van der Waals surface area (Å²) in [6.45, 7) is -0.215. The first-order chi connectivity index (χ1) is 20.8. The van der Waals surface area contributed by atoms with E-state index in [1.165, 1.54) is 21.2 Å². The second-order valence-corrected chi connectivity index (χ2v) is 14.3. The van der Waals surface area contributed by atoms with Crippen molar-refractivity contribution < 1.29 is 14.4 Å². The molecule has 2 aliphatic heterocycles. The molecule has 1 N–H and O–H groups in total. The summed E-state index contributed by atoms with van der Waals surface area (Å²) in [5.41, 5.74) is 1.95. The van der Waals surface area contributed by atoms with Gasteiger partial charge in [0, 0.05) is 25.4 Å². The molecule has 43 heavy (non-hydrogen) atoms. The molecule has 4 aromatic carbocycles. The highest BCUT2D eigenvalue weighted by molar-refractivity contribution is 9.10. The first-order valence-electron chi connectivity index (χ1n) is 13.4. The van der Waals surface area contributed by atoms with E-state index in [9.17, 15) is 19.2 Å². The zero-order valence-corrected chi connectivity index (χ0v) is 27.0. The average Bonchev–Trinajstić information content (AvgIpc) is 3.44. The summed E-state index contributed by atoms with van der Waals surface area (Å²) in [4.78, 5) is 56.1. The number of aromatic nitrogens is 1. The van der Waals surface area contributed by atoms with Crippen molar-refractivity contribution in [2.75, 3.05) is 10.2 Å². The maximum absolute atomic E-state index is 14.0. The SMILES string of the molecule is O=C(Cn1c2c(sc1=O)[C@H](c1ccc(Br)cc1)C1C(=O)N(c3ccc(Br)cc3)C(=O)C1S2)Nc1ccc2ccccc2c1. The predicted octanol–water partition coefficient (Wildman–Crippen LogP) is 7.02. The molecule has 0 spiro atoms. The van der Waals surface area contributed by atoms with Crippen LogP contribution >= 0.6 is 55.0 Å².